The third-order valence-electron chi connectivity index (χ3n) is 3.62. The van der Waals surface area contributed by atoms with Gasteiger partial charge in [0, 0.05) is 4.83 Å². The van der Waals surface area contributed by atoms with Gasteiger partial charge >= 0.3 is 0 Å². The van der Waals surface area contributed by atoms with E-state index in [4.69, 9.17) is 0 Å². The highest BCUT2D eigenvalue weighted by Gasteiger charge is 2.26. The van der Waals surface area contributed by atoms with Crippen molar-refractivity contribution in [2.45, 2.75) is 24.1 Å². The van der Waals surface area contributed by atoms with Crippen LogP contribution in [-0.2, 0) is 0 Å². The lowest BCUT2D eigenvalue weighted by molar-refractivity contribution is 0.743. The largest absolute Gasteiger partial charge is 0.0838 e. The first-order valence-electron chi connectivity index (χ1n) is 6.09. The molecule has 1 aliphatic rings. The van der Waals surface area contributed by atoms with Crippen molar-refractivity contribution in [3.63, 3.8) is 0 Å². The van der Waals surface area contributed by atoms with Crippen LogP contribution < -0.4 is 0 Å². The zero-order chi connectivity index (χ0) is 11.8. The van der Waals surface area contributed by atoms with E-state index in [0.717, 1.165) is 0 Å². The minimum atomic E-state index is 0.524. The minimum Gasteiger partial charge on any atom is -0.0838 e. The van der Waals surface area contributed by atoms with E-state index in [1.165, 1.54) is 28.7 Å². The second kappa shape index (κ2) is 4.30. The van der Waals surface area contributed by atoms with E-state index in [1.807, 2.05) is 0 Å². The quantitative estimate of drug-likeness (QED) is 0.624. The first kappa shape index (κ1) is 11.0. The van der Waals surface area contributed by atoms with Crippen LogP contribution >= 0.6 is 15.9 Å². The van der Waals surface area contributed by atoms with Crippen LogP contribution in [0.3, 0.4) is 0 Å². The third kappa shape index (κ3) is 1.93. The number of alkyl halides is 1. The molecule has 17 heavy (non-hydrogen) atoms. The van der Waals surface area contributed by atoms with Crippen LogP contribution in [0.25, 0.3) is 11.1 Å². The van der Waals surface area contributed by atoms with E-state index in [1.54, 1.807) is 0 Å². The van der Waals surface area contributed by atoms with Gasteiger partial charge in [-0.25, -0.2) is 0 Å². The molecule has 0 spiro atoms. The van der Waals surface area contributed by atoms with E-state index in [0.29, 0.717) is 10.7 Å². The molecule has 2 aromatic carbocycles. The molecule has 0 amide bonds. The molecule has 1 aliphatic carbocycles. The first-order chi connectivity index (χ1) is 8.25. The SMILES string of the molecule is CC1CC(Br)c2cc(-c3ccccc3)ccc21. The van der Waals surface area contributed by atoms with Crippen LogP contribution in [0.1, 0.15) is 35.2 Å². The molecule has 0 fully saturated rings. The maximum absolute atomic E-state index is 3.78. The van der Waals surface area contributed by atoms with Gasteiger partial charge < -0.3 is 0 Å². The van der Waals surface area contributed by atoms with Gasteiger partial charge in [0.05, 0.1) is 0 Å². The molecule has 3 rings (SSSR count). The Morgan fingerprint density at radius 1 is 0.941 bits per heavy atom. The molecular weight excluding hydrogens is 272 g/mol. The summed E-state index contributed by atoms with van der Waals surface area (Å²) in [6.45, 7) is 2.31. The third-order valence-corrected chi connectivity index (χ3v) is 4.49. The number of fused-ring (bicyclic) bond motifs is 1. The van der Waals surface area contributed by atoms with Gasteiger partial charge in [0.1, 0.15) is 0 Å². The highest BCUT2D eigenvalue weighted by Crippen LogP contribution is 2.45. The molecule has 86 valence electrons. The van der Waals surface area contributed by atoms with Crippen LogP contribution in [0.4, 0.5) is 0 Å². The molecule has 0 heterocycles. The van der Waals surface area contributed by atoms with Crippen LogP contribution in [0, 0.1) is 0 Å². The van der Waals surface area contributed by atoms with Gasteiger partial charge in [-0.15, -0.1) is 0 Å². The number of hydrogen-bond acceptors (Lipinski definition) is 0. The first-order valence-corrected chi connectivity index (χ1v) is 7.00. The molecule has 0 aromatic heterocycles. The molecule has 0 nitrogen and oxygen atoms in total. The molecule has 0 radical (unpaired) electrons. The maximum Gasteiger partial charge on any atom is 0.0404 e. The zero-order valence-corrected chi connectivity index (χ0v) is 11.4. The summed E-state index contributed by atoms with van der Waals surface area (Å²) in [6.07, 6.45) is 1.22. The summed E-state index contributed by atoms with van der Waals surface area (Å²) in [5.74, 6) is 0.680. The summed E-state index contributed by atoms with van der Waals surface area (Å²) in [4.78, 5) is 0.524. The van der Waals surface area contributed by atoms with Crippen molar-refractivity contribution in [1.82, 2.24) is 0 Å². The summed E-state index contributed by atoms with van der Waals surface area (Å²) < 4.78 is 0. The highest BCUT2D eigenvalue weighted by molar-refractivity contribution is 9.09. The van der Waals surface area contributed by atoms with Gasteiger partial charge in [0.15, 0.2) is 0 Å². The predicted octanol–water partition coefficient (Wildman–Crippen LogP) is 5.30. The molecule has 2 atom stereocenters. The monoisotopic (exact) mass is 286 g/mol. The summed E-state index contributed by atoms with van der Waals surface area (Å²) in [5.41, 5.74) is 5.60. The Morgan fingerprint density at radius 2 is 1.71 bits per heavy atom. The fourth-order valence-electron chi connectivity index (χ4n) is 2.67. The Hall–Kier alpha value is -1.08. The predicted molar refractivity (Wildman–Crippen MR) is 76.6 cm³/mol. The Kier molecular flexibility index (Phi) is 2.79. The lowest BCUT2D eigenvalue weighted by atomic mass is 9.98. The van der Waals surface area contributed by atoms with Crippen molar-refractivity contribution in [2.75, 3.05) is 0 Å². The molecule has 0 bridgehead atoms. The Bertz CT molecular complexity index is 530. The lowest BCUT2D eigenvalue weighted by Gasteiger charge is -2.08. The van der Waals surface area contributed by atoms with Gasteiger partial charge in [-0.2, -0.15) is 0 Å². The highest BCUT2D eigenvalue weighted by atomic mass is 79.9. The van der Waals surface area contributed by atoms with Gasteiger partial charge in [-0.1, -0.05) is 65.3 Å². The second-order valence-electron chi connectivity index (χ2n) is 4.81. The molecule has 2 unspecified atom stereocenters. The fraction of sp³-hybridized carbons (Fsp3) is 0.250. The van der Waals surface area contributed by atoms with Gasteiger partial charge in [-0.3, -0.25) is 0 Å². The number of benzene rings is 2. The summed E-state index contributed by atoms with van der Waals surface area (Å²) in [5, 5.41) is 0. The smallest absolute Gasteiger partial charge is 0.0404 e. The number of hydrogen-bond donors (Lipinski definition) is 0. The van der Waals surface area contributed by atoms with Crippen LogP contribution in [-0.4, -0.2) is 0 Å². The Morgan fingerprint density at radius 3 is 2.47 bits per heavy atom. The van der Waals surface area contributed by atoms with Crippen LogP contribution in [0.15, 0.2) is 48.5 Å². The van der Waals surface area contributed by atoms with E-state index in [2.05, 4.69) is 71.4 Å². The molecular formula is C16H15Br. The van der Waals surface area contributed by atoms with Crippen molar-refractivity contribution in [1.29, 1.82) is 0 Å². The molecule has 2 aromatic rings. The van der Waals surface area contributed by atoms with Crippen molar-refractivity contribution in [3.8, 4) is 11.1 Å². The Balaban J connectivity index is 2.08. The molecule has 0 saturated heterocycles. The average molecular weight is 287 g/mol. The molecule has 0 aliphatic heterocycles. The van der Waals surface area contributed by atoms with Crippen LogP contribution in [0.2, 0.25) is 0 Å². The maximum atomic E-state index is 3.78. The van der Waals surface area contributed by atoms with Gasteiger partial charge in [-0.05, 0) is 40.7 Å². The van der Waals surface area contributed by atoms with E-state index in [9.17, 15) is 0 Å². The second-order valence-corrected chi connectivity index (χ2v) is 5.92. The standard InChI is InChI=1S/C16H15Br/c1-11-9-16(17)15-10-13(7-8-14(11)15)12-5-3-2-4-6-12/h2-8,10-11,16H,9H2,1H3. The van der Waals surface area contributed by atoms with Gasteiger partial charge in [0.2, 0.25) is 0 Å². The topological polar surface area (TPSA) is 0 Å². The lowest BCUT2D eigenvalue weighted by Crippen LogP contribution is -1.87. The van der Waals surface area contributed by atoms with E-state index < -0.39 is 0 Å². The average Bonchev–Trinajstić information content (AvgIpc) is 2.66. The zero-order valence-electron chi connectivity index (χ0n) is 9.86. The van der Waals surface area contributed by atoms with E-state index in [-0.39, 0.29) is 0 Å². The molecule has 0 saturated carbocycles. The van der Waals surface area contributed by atoms with Crippen molar-refractivity contribution in [2.24, 2.45) is 0 Å². The summed E-state index contributed by atoms with van der Waals surface area (Å²) in [6, 6.07) is 17.5. The van der Waals surface area contributed by atoms with Crippen molar-refractivity contribution < 1.29 is 0 Å². The van der Waals surface area contributed by atoms with Gasteiger partial charge in [0.25, 0.3) is 0 Å². The molecule has 0 N–H and O–H groups in total. The number of rotatable bonds is 1. The van der Waals surface area contributed by atoms with Crippen molar-refractivity contribution >= 4 is 15.9 Å². The summed E-state index contributed by atoms with van der Waals surface area (Å²) >= 11 is 3.78. The van der Waals surface area contributed by atoms with E-state index >= 15 is 0 Å². The van der Waals surface area contributed by atoms with Crippen molar-refractivity contribution in [3.05, 3.63) is 59.7 Å². The van der Waals surface area contributed by atoms with Crippen LogP contribution in [0.5, 0.6) is 0 Å². The number of halogens is 1. The normalized spacial score (nSPS) is 22.5. The molecule has 1 heteroatoms. The fourth-order valence-corrected chi connectivity index (χ4v) is 3.63. The minimum absolute atomic E-state index is 0.524. The summed E-state index contributed by atoms with van der Waals surface area (Å²) in [7, 11) is 0. The Labute approximate surface area is 111 Å².